The molecule has 0 aromatic heterocycles. The molecule has 0 radical (unpaired) electrons. The highest BCUT2D eigenvalue weighted by molar-refractivity contribution is 5.85. The Kier molecular flexibility index (Phi) is 8.83. The van der Waals surface area contributed by atoms with Crippen molar-refractivity contribution in [3.63, 3.8) is 0 Å². The summed E-state index contributed by atoms with van der Waals surface area (Å²) in [7, 11) is 0. The maximum Gasteiger partial charge on any atom is 0.226 e. The van der Waals surface area contributed by atoms with Gasteiger partial charge >= 0.3 is 0 Å². The summed E-state index contributed by atoms with van der Waals surface area (Å²) in [5.41, 5.74) is 8.24. The van der Waals surface area contributed by atoms with Crippen molar-refractivity contribution in [3.05, 3.63) is 35.7 Å². The van der Waals surface area contributed by atoms with Gasteiger partial charge in [-0.25, -0.2) is 0 Å². The van der Waals surface area contributed by atoms with Crippen LogP contribution in [-0.4, -0.2) is 18.4 Å². The Morgan fingerprint density at radius 1 is 1.45 bits per heavy atom. The summed E-state index contributed by atoms with van der Waals surface area (Å²) < 4.78 is 0. The SMILES string of the molecule is C=C(NC(C)CCC(=O)NC=O)C(=C/CC)/C(N)=C\C. The van der Waals surface area contributed by atoms with Gasteiger partial charge in [0.05, 0.1) is 0 Å². The quantitative estimate of drug-likeness (QED) is 0.443. The Labute approximate surface area is 121 Å². The zero-order valence-electron chi connectivity index (χ0n) is 12.5. The number of imide groups is 1. The van der Waals surface area contributed by atoms with E-state index < -0.39 is 0 Å². The Morgan fingerprint density at radius 2 is 2.10 bits per heavy atom. The van der Waals surface area contributed by atoms with Gasteiger partial charge < -0.3 is 11.1 Å². The fourth-order valence-electron chi connectivity index (χ4n) is 1.71. The molecule has 20 heavy (non-hydrogen) atoms. The number of allylic oxidation sites excluding steroid dienone is 2. The van der Waals surface area contributed by atoms with Crippen LogP contribution in [0.4, 0.5) is 0 Å². The van der Waals surface area contributed by atoms with Crippen LogP contribution in [0.2, 0.25) is 0 Å². The first kappa shape index (κ1) is 18.0. The first-order chi connectivity index (χ1) is 9.46. The molecule has 0 fully saturated rings. The number of amides is 2. The van der Waals surface area contributed by atoms with E-state index in [4.69, 9.17) is 5.73 Å². The molecule has 112 valence electrons. The van der Waals surface area contributed by atoms with Crippen molar-refractivity contribution in [3.8, 4) is 0 Å². The van der Waals surface area contributed by atoms with E-state index in [1.165, 1.54) is 0 Å². The molecule has 5 heteroatoms. The van der Waals surface area contributed by atoms with Gasteiger partial charge in [0.1, 0.15) is 0 Å². The highest BCUT2D eigenvalue weighted by Crippen LogP contribution is 2.14. The molecule has 0 aliphatic carbocycles. The summed E-state index contributed by atoms with van der Waals surface area (Å²) in [6.07, 6.45) is 5.99. The highest BCUT2D eigenvalue weighted by Gasteiger charge is 2.10. The zero-order valence-corrected chi connectivity index (χ0v) is 12.5. The molecule has 4 N–H and O–H groups in total. The third kappa shape index (κ3) is 6.78. The summed E-state index contributed by atoms with van der Waals surface area (Å²) in [4.78, 5) is 21.3. The second-order valence-electron chi connectivity index (χ2n) is 4.52. The van der Waals surface area contributed by atoms with Crippen LogP contribution in [0.5, 0.6) is 0 Å². The molecule has 2 amide bonds. The van der Waals surface area contributed by atoms with Gasteiger partial charge in [0, 0.05) is 29.4 Å². The van der Waals surface area contributed by atoms with Crippen molar-refractivity contribution in [1.29, 1.82) is 0 Å². The van der Waals surface area contributed by atoms with Gasteiger partial charge in [-0.05, 0) is 26.7 Å². The summed E-state index contributed by atoms with van der Waals surface area (Å²) in [5, 5.41) is 5.34. The van der Waals surface area contributed by atoms with E-state index >= 15 is 0 Å². The predicted molar refractivity (Wildman–Crippen MR) is 81.5 cm³/mol. The lowest BCUT2D eigenvalue weighted by Gasteiger charge is -2.19. The molecule has 0 aromatic rings. The zero-order chi connectivity index (χ0) is 15.5. The average Bonchev–Trinajstić information content (AvgIpc) is 2.41. The maximum absolute atomic E-state index is 11.2. The van der Waals surface area contributed by atoms with Gasteiger partial charge in [-0.3, -0.25) is 14.9 Å². The van der Waals surface area contributed by atoms with E-state index in [2.05, 4.69) is 17.2 Å². The number of rotatable bonds is 9. The first-order valence-electron chi connectivity index (χ1n) is 6.77. The van der Waals surface area contributed by atoms with E-state index in [1.807, 2.05) is 32.9 Å². The lowest BCUT2D eigenvalue weighted by molar-refractivity contribution is -0.125. The molecule has 0 bridgehead atoms. The molecular formula is C15H25N3O2. The lowest BCUT2D eigenvalue weighted by atomic mass is 10.1. The molecule has 0 aliphatic heterocycles. The fourth-order valence-corrected chi connectivity index (χ4v) is 1.71. The number of hydrogen-bond donors (Lipinski definition) is 3. The van der Waals surface area contributed by atoms with Crippen LogP contribution >= 0.6 is 0 Å². The van der Waals surface area contributed by atoms with Crippen LogP contribution in [0, 0.1) is 0 Å². The third-order valence-electron chi connectivity index (χ3n) is 2.80. The number of nitrogens with one attached hydrogen (secondary N) is 2. The molecule has 1 atom stereocenters. The Bertz CT molecular complexity index is 411. The van der Waals surface area contributed by atoms with Gasteiger partial charge in [0.25, 0.3) is 0 Å². The molecule has 0 spiro atoms. The molecule has 0 heterocycles. The third-order valence-corrected chi connectivity index (χ3v) is 2.80. The lowest BCUT2D eigenvalue weighted by Crippen LogP contribution is -2.29. The topological polar surface area (TPSA) is 84.2 Å². The number of nitrogens with two attached hydrogens (primary N) is 1. The molecule has 0 saturated heterocycles. The number of carbonyl (C=O) groups excluding carboxylic acids is 2. The summed E-state index contributed by atoms with van der Waals surface area (Å²) in [6, 6.07) is 0.0600. The standard InChI is InChI=1S/C15H25N3O2/c1-5-7-13(14(16)6-2)12(4)18-11(3)8-9-15(20)17-10-19/h6-7,10-11,18H,4-5,8-9,16H2,1-3H3,(H,17,19,20)/b13-7-,14-6+. The van der Waals surface area contributed by atoms with E-state index in [0.717, 1.165) is 17.7 Å². The summed E-state index contributed by atoms with van der Waals surface area (Å²) >= 11 is 0. The van der Waals surface area contributed by atoms with Crippen molar-refractivity contribution in [2.75, 3.05) is 0 Å². The minimum Gasteiger partial charge on any atom is -0.398 e. The van der Waals surface area contributed by atoms with Crippen LogP contribution in [0.1, 0.15) is 40.0 Å². The van der Waals surface area contributed by atoms with E-state index in [1.54, 1.807) is 0 Å². The molecule has 5 nitrogen and oxygen atoms in total. The highest BCUT2D eigenvalue weighted by atomic mass is 16.2. The van der Waals surface area contributed by atoms with Gasteiger partial charge in [-0.2, -0.15) is 0 Å². The molecule has 0 aromatic carbocycles. The predicted octanol–water partition coefficient (Wildman–Crippen LogP) is 1.73. The van der Waals surface area contributed by atoms with Gasteiger partial charge in [0.15, 0.2) is 0 Å². The summed E-state index contributed by atoms with van der Waals surface area (Å²) in [6.45, 7) is 9.85. The van der Waals surface area contributed by atoms with Gasteiger partial charge in [-0.1, -0.05) is 25.7 Å². The molecular weight excluding hydrogens is 254 g/mol. The van der Waals surface area contributed by atoms with Crippen molar-refractivity contribution in [1.82, 2.24) is 10.6 Å². The van der Waals surface area contributed by atoms with Gasteiger partial charge in [-0.15, -0.1) is 0 Å². The number of carbonyl (C=O) groups is 2. The minimum atomic E-state index is -0.281. The monoisotopic (exact) mass is 279 g/mol. The fraction of sp³-hybridized carbons (Fsp3) is 0.467. The largest absolute Gasteiger partial charge is 0.398 e. The molecule has 1 unspecified atom stereocenters. The first-order valence-corrected chi connectivity index (χ1v) is 6.77. The Hall–Kier alpha value is -2.04. The molecule has 0 aliphatic rings. The maximum atomic E-state index is 11.2. The van der Waals surface area contributed by atoms with Crippen LogP contribution in [0.25, 0.3) is 0 Å². The Balaban J connectivity index is 4.46. The summed E-state index contributed by atoms with van der Waals surface area (Å²) in [5.74, 6) is -0.281. The Morgan fingerprint density at radius 3 is 2.60 bits per heavy atom. The number of hydrogen-bond acceptors (Lipinski definition) is 4. The van der Waals surface area contributed by atoms with E-state index in [-0.39, 0.29) is 18.4 Å². The minimum absolute atomic E-state index is 0.0600. The average molecular weight is 279 g/mol. The van der Waals surface area contributed by atoms with Crippen molar-refractivity contribution >= 4 is 12.3 Å². The van der Waals surface area contributed by atoms with Crippen molar-refractivity contribution in [2.24, 2.45) is 5.73 Å². The van der Waals surface area contributed by atoms with Crippen LogP contribution in [0.15, 0.2) is 35.7 Å². The van der Waals surface area contributed by atoms with Gasteiger partial charge in [0.2, 0.25) is 12.3 Å². The van der Waals surface area contributed by atoms with E-state index in [9.17, 15) is 9.59 Å². The van der Waals surface area contributed by atoms with Crippen molar-refractivity contribution in [2.45, 2.75) is 46.1 Å². The smallest absolute Gasteiger partial charge is 0.226 e. The van der Waals surface area contributed by atoms with Crippen LogP contribution in [0.3, 0.4) is 0 Å². The van der Waals surface area contributed by atoms with Crippen LogP contribution in [-0.2, 0) is 9.59 Å². The van der Waals surface area contributed by atoms with Crippen molar-refractivity contribution < 1.29 is 9.59 Å². The second-order valence-corrected chi connectivity index (χ2v) is 4.52. The van der Waals surface area contributed by atoms with Crippen LogP contribution < -0.4 is 16.4 Å². The second kappa shape index (κ2) is 9.83. The van der Waals surface area contributed by atoms with E-state index in [0.29, 0.717) is 18.5 Å². The molecule has 0 saturated carbocycles. The normalized spacial score (nSPS) is 13.6. The molecule has 0 rings (SSSR count).